The quantitative estimate of drug-likeness (QED) is 0.839. The Hall–Kier alpha value is -2.73. The van der Waals surface area contributed by atoms with Crippen molar-refractivity contribution in [2.45, 2.75) is 32.2 Å². The number of benzene rings is 2. The predicted octanol–water partition coefficient (Wildman–Crippen LogP) is 3.62. The van der Waals surface area contributed by atoms with E-state index in [2.05, 4.69) is 10.2 Å². The second-order valence-corrected chi connectivity index (χ2v) is 8.25. The van der Waals surface area contributed by atoms with Crippen LogP contribution in [0.3, 0.4) is 0 Å². The van der Waals surface area contributed by atoms with Crippen molar-refractivity contribution in [1.29, 1.82) is 0 Å². The number of hydrogen-bond donors (Lipinski definition) is 1. The number of carbonyl (C=O) groups excluding carboxylic acids is 2. The first-order valence-corrected chi connectivity index (χ1v) is 10.7. The van der Waals surface area contributed by atoms with Crippen LogP contribution in [0.2, 0.25) is 0 Å². The van der Waals surface area contributed by atoms with Crippen molar-refractivity contribution >= 4 is 17.5 Å². The van der Waals surface area contributed by atoms with Gasteiger partial charge >= 0.3 is 0 Å². The van der Waals surface area contributed by atoms with E-state index in [0.29, 0.717) is 32.5 Å². The molecule has 1 unspecified atom stereocenters. The smallest absolute Gasteiger partial charge is 0.236 e. The second kappa shape index (κ2) is 8.96. The van der Waals surface area contributed by atoms with Crippen LogP contribution in [0, 0.1) is 11.7 Å². The molecular weight excluding hydrogens is 381 g/mol. The molecule has 0 saturated carbocycles. The summed E-state index contributed by atoms with van der Waals surface area (Å²) in [5, 5.41) is 2.96. The van der Waals surface area contributed by atoms with Crippen LogP contribution in [0.25, 0.3) is 0 Å². The first kappa shape index (κ1) is 20.5. The minimum absolute atomic E-state index is 0.0163. The molecule has 0 radical (unpaired) electrons. The van der Waals surface area contributed by atoms with E-state index in [-0.39, 0.29) is 29.6 Å². The number of hydrogen-bond acceptors (Lipinski definition) is 3. The van der Waals surface area contributed by atoms with Gasteiger partial charge in [0.05, 0.1) is 6.54 Å². The monoisotopic (exact) mass is 409 g/mol. The highest BCUT2D eigenvalue weighted by Crippen LogP contribution is 2.30. The summed E-state index contributed by atoms with van der Waals surface area (Å²) in [6, 6.07) is 14.4. The minimum atomic E-state index is -0.232. The lowest BCUT2D eigenvalue weighted by molar-refractivity contribution is -0.136. The Kier molecular flexibility index (Phi) is 6.13. The molecule has 1 saturated heterocycles. The van der Waals surface area contributed by atoms with Gasteiger partial charge in [0.15, 0.2) is 0 Å². The van der Waals surface area contributed by atoms with Crippen LogP contribution < -0.4 is 5.32 Å². The van der Waals surface area contributed by atoms with Gasteiger partial charge in [0.25, 0.3) is 0 Å². The number of amides is 2. The van der Waals surface area contributed by atoms with Crippen molar-refractivity contribution in [1.82, 2.24) is 9.80 Å². The highest BCUT2D eigenvalue weighted by atomic mass is 19.1. The number of piperidine rings is 1. The van der Waals surface area contributed by atoms with E-state index >= 15 is 0 Å². The molecular formula is C24H28FN3O2. The third-order valence-corrected chi connectivity index (χ3v) is 6.37. The Bertz CT molecular complexity index is 910. The number of para-hydroxylation sites is 1. The lowest BCUT2D eigenvalue weighted by atomic mass is 9.93. The highest BCUT2D eigenvalue weighted by molar-refractivity contribution is 5.92. The first-order chi connectivity index (χ1) is 14.5. The van der Waals surface area contributed by atoms with Crippen LogP contribution in [0.4, 0.5) is 10.1 Å². The van der Waals surface area contributed by atoms with Crippen molar-refractivity contribution in [3.8, 4) is 0 Å². The second-order valence-electron chi connectivity index (χ2n) is 8.25. The molecule has 5 nitrogen and oxygen atoms in total. The van der Waals surface area contributed by atoms with Crippen LogP contribution in [0.1, 0.15) is 36.9 Å². The fourth-order valence-corrected chi connectivity index (χ4v) is 4.48. The fourth-order valence-electron chi connectivity index (χ4n) is 4.48. The summed E-state index contributed by atoms with van der Waals surface area (Å²) in [5.74, 6) is -0.192. The molecule has 0 spiro atoms. The highest BCUT2D eigenvalue weighted by Gasteiger charge is 2.30. The van der Waals surface area contributed by atoms with Gasteiger partial charge in [-0.05, 0) is 61.6 Å². The topological polar surface area (TPSA) is 52.7 Å². The number of fused-ring (bicyclic) bond motifs is 1. The van der Waals surface area contributed by atoms with Gasteiger partial charge in [-0.15, -0.1) is 0 Å². The molecule has 1 N–H and O–H groups in total. The molecule has 2 aliphatic heterocycles. The lowest BCUT2D eigenvalue weighted by Crippen LogP contribution is -2.47. The van der Waals surface area contributed by atoms with E-state index in [1.807, 2.05) is 48.2 Å². The molecule has 0 bridgehead atoms. The molecule has 2 amide bonds. The lowest BCUT2D eigenvalue weighted by Gasteiger charge is -2.37. The molecule has 1 fully saturated rings. The van der Waals surface area contributed by atoms with Crippen molar-refractivity contribution in [2.75, 3.05) is 31.5 Å². The Balaban J connectivity index is 1.29. The van der Waals surface area contributed by atoms with E-state index in [0.717, 1.165) is 29.8 Å². The van der Waals surface area contributed by atoms with Gasteiger partial charge in [0, 0.05) is 37.3 Å². The van der Waals surface area contributed by atoms with E-state index in [4.69, 9.17) is 0 Å². The summed E-state index contributed by atoms with van der Waals surface area (Å²) in [6.07, 6.45) is 2.18. The molecule has 1 atom stereocenters. The molecule has 4 rings (SSSR count). The Labute approximate surface area is 176 Å². The van der Waals surface area contributed by atoms with Crippen LogP contribution in [0.5, 0.6) is 0 Å². The van der Waals surface area contributed by atoms with Crippen LogP contribution in [0.15, 0.2) is 48.5 Å². The van der Waals surface area contributed by atoms with E-state index in [1.165, 1.54) is 6.07 Å². The molecule has 2 aromatic carbocycles. The first-order valence-electron chi connectivity index (χ1n) is 10.7. The van der Waals surface area contributed by atoms with Gasteiger partial charge in [-0.1, -0.05) is 24.3 Å². The Morgan fingerprint density at radius 3 is 2.53 bits per heavy atom. The maximum absolute atomic E-state index is 13.7. The van der Waals surface area contributed by atoms with Crippen molar-refractivity contribution < 1.29 is 14.0 Å². The fraction of sp³-hybridized carbons (Fsp3) is 0.417. The van der Waals surface area contributed by atoms with E-state index < -0.39 is 0 Å². The van der Waals surface area contributed by atoms with Gasteiger partial charge in [-0.2, -0.15) is 0 Å². The van der Waals surface area contributed by atoms with Gasteiger partial charge in [0.1, 0.15) is 5.82 Å². The zero-order valence-electron chi connectivity index (χ0n) is 17.3. The average Bonchev–Trinajstić information content (AvgIpc) is 2.77. The van der Waals surface area contributed by atoms with Gasteiger partial charge in [-0.25, -0.2) is 4.39 Å². The van der Waals surface area contributed by atoms with Gasteiger partial charge < -0.3 is 10.2 Å². The molecule has 6 heteroatoms. The number of nitrogens with zero attached hydrogens (tertiary/aromatic N) is 2. The molecule has 2 heterocycles. The summed E-state index contributed by atoms with van der Waals surface area (Å²) in [7, 11) is 0. The van der Waals surface area contributed by atoms with Crippen molar-refractivity contribution in [2.24, 2.45) is 5.92 Å². The van der Waals surface area contributed by atoms with E-state index in [9.17, 15) is 14.0 Å². The summed E-state index contributed by atoms with van der Waals surface area (Å²) in [4.78, 5) is 29.3. The largest absolute Gasteiger partial charge is 0.342 e. The molecule has 158 valence electrons. The predicted molar refractivity (Wildman–Crippen MR) is 114 cm³/mol. The summed E-state index contributed by atoms with van der Waals surface area (Å²) >= 11 is 0. The van der Waals surface area contributed by atoms with Gasteiger partial charge in [0.2, 0.25) is 11.8 Å². The molecule has 30 heavy (non-hydrogen) atoms. The maximum atomic E-state index is 13.7. The minimum Gasteiger partial charge on any atom is -0.342 e. The molecule has 2 aliphatic rings. The zero-order chi connectivity index (χ0) is 21.1. The normalized spacial score (nSPS) is 19.9. The molecule has 2 aromatic rings. The number of halogens is 1. The molecule has 0 aliphatic carbocycles. The number of likely N-dealkylation sites (tertiary alicyclic amines) is 1. The van der Waals surface area contributed by atoms with Crippen LogP contribution in [-0.2, 0) is 16.0 Å². The van der Waals surface area contributed by atoms with Gasteiger partial charge in [-0.3, -0.25) is 14.5 Å². The molecule has 0 aromatic heterocycles. The summed E-state index contributed by atoms with van der Waals surface area (Å²) < 4.78 is 13.7. The standard InChI is InChI=1S/C24H28FN3O2/c1-17-22-15-20(25)8-7-18(22)9-14-28(17)16-23(29)27-12-10-19(11-13-27)24(30)26-21-5-3-2-4-6-21/h2-8,15,17,19H,9-14,16H2,1H3,(H,26,30). The van der Waals surface area contributed by atoms with Crippen molar-refractivity contribution in [3.05, 3.63) is 65.5 Å². The Morgan fingerprint density at radius 2 is 1.80 bits per heavy atom. The van der Waals surface area contributed by atoms with Crippen molar-refractivity contribution in [3.63, 3.8) is 0 Å². The number of rotatable bonds is 4. The van der Waals surface area contributed by atoms with E-state index in [1.54, 1.807) is 6.07 Å². The average molecular weight is 410 g/mol. The SMILES string of the molecule is CC1c2cc(F)ccc2CCN1CC(=O)N1CCC(C(=O)Nc2ccccc2)CC1. The third kappa shape index (κ3) is 4.54. The zero-order valence-corrected chi connectivity index (χ0v) is 17.3. The summed E-state index contributed by atoms with van der Waals surface area (Å²) in [5.41, 5.74) is 2.94. The number of carbonyl (C=O) groups is 2. The number of nitrogens with one attached hydrogen (secondary N) is 1. The third-order valence-electron chi connectivity index (χ3n) is 6.37. The van der Waals surface area contributed by atoms with Crippen LogP contribution >= 0.6 is 0 Å². The van der Waals surface area contributed by atoms with Crippen LogP contribution in [-0.4, -0.2) is 47.8 Å². The number of anilines is 1. The summed E-state index contributed by atoms with van der Waals surface area (Å²) in [6.45, 7) is 4.35. The Morgan fingerprint density at radius 1 is 1.07 bits per heavy atom. The maximum Gasteiger partial charge on any atom is 0.236 e.